The Kier molecular flexibility index (Phi) is 4.05. The van der Waals surface area contributed by atoms with E-state index in [1.807, 2.05) is 0 Å². The summed E-state index contributed by atoms with van der Waals surface area (Å²) in [5.41, 5.74) is 5.72. The molecule has 3 N–H and O–H groups in total. The molecule has 3 aromatic rings. The highest BCUT2D eigenvalue weighted by Gasteiger charge is 2.26. The van der Waals surface area contributed by atoms with Crippen LogP contribution in [0.5, 0.6) is 0 Å². The van der Waals surface area contributed by atoms with E-state index >= 15 is 0 Å². The molecule has 0 unspecified atom stereocenters. The van der Waals surface area contributed by atoms with Gasteiger partial charge in [-0.1, -0.05) is 30.3 Å². The third-order valence-corrected chi connectivity index (χ3v) is 5.51. The van der Waals surface area contributed by atoms with Gasteiger partial charge in [-0.2, -0.15) is 0 Å². The SMILES string of the molecule is NC(=O)Cc1cn(S(=O)(=O)c2ccccc2C(=O)O)c2ccccc12. The second kappa shape index (κ2) is 6.06. The van der Waals surface area contributed by atoms with Gasteiger partial charge in [0.2, 0.25) is 5.91 Å². The number of hydrogen-bond acceptors (Lipinski definition) is 4. The number of nitrogens with two attached hydrogens (primary N) is 1. The van der Waals surface area contributed by atoms with Crippen molar-refractivity contribution < 1.29 is 23.1 Å². The molecule has 2 aromatic carbocycles. The molecule has 0 spiro atoms. The monoisotopic (exact) mass is 358 g/mol. The minimum Gasteiger partial charge on any atom is -0.478 e. The van der Waals surface area contributed by atoms with E-state index in [-0.39, 0.29) is 16.9 Å². The highest BCUT2D eigenvalue weighted by atomic mass is 32.2. The van der Waals surface area contributed by atoms with Gasteiger partial charge < -0.3 is 10.8 Å². The van der Waals surface area contributed by atoms with Crippen LogP contribution in [0.1, 0.15) is 15.9 Å². The lowest BCUT2D eigenvalue weighted by Gasteiger charge is -2.10. The van der Waals surface area contributed by atoms with Crippen molar-refractivity contribution in [2.24, 2.45) is 5.73 Å². The fraction of sp³-hybridized carbons (Fsp3) is 0.0588. The van der Waals surface area contributed by atoms with Crippen LogP contribution in [0.3, 0.4) is 0 Å². The van der Waals surface area contributed by atoms with E-state index in [0.717, 1.165) is 3.97 Å². The number of nitrogens with zero attached hydrogens (tertiary/aromatic N) is 1. The highest BCUT2D eigenvalue weighted by molar-refractivity contribution is 7.90. The van der Waals surface area contributed by atoms with Crippen molar-refractivity contribution in [2.75, 3.05) is 0 Å². The molecule has 3 rings (SSSR count). The van der Waals surface area contributed by atoms with Crippen molar-refractivity contribution >= 4 is 32.8 Å². The molecule has 0 radical (unpaired) electrons. The summed E-state index contributed by atoms with van der Waals surface area (Å²) in [7, 11) is -4.17. The minimum atomic E-state index is -4.17. The number of fused-ring (bicyclic) bond motifs is 1. The Morgan fingerprint density at radius 3 is 2.36 bits per heavy atom. The quantitative estimate of drug-likeness (QED) is 0.718. The summed E-state index contributed by atoms with van der Waals surface area (Å²) < 4.78 is 27.1. The van der Waals surface area contributed by atoms with Gasteiger partial charge in [0.15, 0.2) is 0 Å². The second-order valence-corrected chi connectivity index (χ2v) is 7.20. The van der Waals surface area contributed by atoms with E-state index in [0.29, 0.717) is 16.5 Å². The molecule has 25 heavy (non-hydrogen) atoms. The third-order valence-electron chi connectivity index (χ3n) is 3.78. The number of aromatic nitrogens is 1. The number of carbonyl (C=O) groups excluding carboxylic acids is 1. The van der Waals surface area contributed by atoms with E-state index in [1.165, 1.54) is 30.5 Å². The first-order valence-corrected chi connectivity index (χ1v) is 8.71. The molecule has 0 atom stereocenters. The number of amides is 1. The molecule has 128 valence electrons. The lowest BCUT2D eigenvalue weighted by Crippen LogP contribution is -2.16. The van der Waals surface area contributed by atoms with Gasteiger partial charge in [-0.05, 0) is 23.8 Å². The largest absolute Gasteiger partial charge is 0.478 e. The Balaban J connectivity index is 2.29. The van der Waals surface area contributed by atoms with Crippen molar-refractivity contribution in [3.8, 4) is 0 Å². The lowest BCUT2D eigenvalue weighted by atomic mass is 10.1. The molecule has 0 aliphatic heterocycles. The maximum atomic E-state index is 13.1. The average molecular weight is 358 g/mol. The number of carboxylic acids is 1. The summed E-state index contributed by atoms with van der Waals surface area (Å²) in [6.07, 6.45) is 1.19. The van der Waals surface area contributed by atoms with E-state index in [4.69, 9.17) is 5.73 Å². The van der Waals surface area contributed by atoms with Crippen LogP contribution in [0.15, 0.2) is 59.6 Å². The van der Waals surface area contributed by atoms with E-state index in [2.05, 4.69) is 0 Å². The molecule has 1 heterocycles. The third kappa shape index (κ3) is 2.87. The summed E-state index contributed by atoms with van der Waals surface area (Å²) in [6, 6.07) is 12.0. The van der Waals surface area contributed by atoms with Crippen LogP contribution < -0.4 is 5.73 Å². The molecule has 8 heteroatoms. The summed E-state index contributed by atoms with van der Waals surface area (Å²) in [4.78, 5) is 22.3. The molecule has 1 aromatic heterocycles. The van der Waals surface area contributed by atoms with Crippen molar-refractivity contribution in [3.05, 3.63) is 65.9 Å². The van der Waals surface area contributed by atoms with Crippen molar-refractivity contribution in [2.45, 2.75) is 11.3 Å². The van der Waals surface area contributed by atoms with Crippen LogP contribution in [0, 0.1) is 0 Å². The van der Waals surface area contributed by atoms with Crippen LogP contribution in [0.4, 0.5) is 0 Å². The van der Waals surface area contributed by atoms with Crippen LogP contribution in [0.2, 0.25) is 0 Å². The van der Waals surface area contributed by atoms with Gasteiger partial charge in [-0.25, -0.2) is 17.2 Å². The van der Waals surface area contributed by atoms with Crippen LogP contribution in [-0.4, -0.2) is 29.4 Å². The summed E-state index contributed by atoms with van der Waals surface area (Å²) >= 11 is 0. The van der Waals surface area contributed by atoms with Gasteiger partial charge in [-0.3, -0.25) is 4.79 Å². The number of aromatic carboxylic acids is 1. The molecule has 0 fully saturated rings. The average Bonchev–Trinajstić information content (AvgIpc) is 2.94. The molecule has 1 amide bonds. The number of para-hydroxylation sites is 1. The predicted octanol–water partition coefficient (Wildman–Crippen LogP) is 1.60. The van der Waals surface area contributed by atoms with E-state index in [9.17, 15) is 23.1 Å². The summed E-state index contributed by atoms with van der Waals surface area (Å²) in [5, 5.41) is 9.85. The van der Waals surface area contributed by atoms with Gasteiger partial charge in [0.05, 0.1) is 17.5 Å². The fourth-order valence-electron chi connectivity index (χ4n) is 2.72. The second-order valence-electron chi connectivity index (χ2n) is 5.42. The van der Waals surface area contributed by atoms with Crippen LogP contribution in [-0.2, 0) is 21.2 Å². The standard InChI is InChI=1S/C17H14N2O5S/c18-16(20)9-11-10-19(14-7-3-1-5-12(11)14)25(23,24)15-8-4-2-6-13(15)17(21)22/h1-8,10H,9H2,(H2,18,20)(H,21,22). The number of carboxylic acid groups (broad SMARTS) is 1. The lowest BCUT2D eigenvalue weighted by molar-refractivity contribution is -0.117. The molecular weight excluding hydrogens is 344 g/mol. The Hall–Kier alpha value is -3.13. The number of primary amides is 1. The zero-order valence-corrected chi connectivity index (χ0v) is 13.7. The van der Waals surface area contributed by atoms with E-state index in [1.54, 1.807) is 24.3 Å². The summed E-state index contributed by atoms with van der Waals surface area (Å²) in [5.74, 6) is -1.93. The van der Waals surface area contributed by atoms with Gasteiger partial charge in [0.25, 0.3) is 10.0 Å². The molecule has 0 saturated carbocycles. The van der Waals surface area contributed by atoms with Gasteiger partial charge in [0, 0.05) is 11.6 Å². The zero-order valence-electron chi connectivity index (χ0n) is 12.9. The molecule has 0 saturated heterocycles. The topological polar surface area (TPSA) is 119 Å². The van der Waals surface area contributed by atoms with Crippen molar-refractivity contribution in [1.82, 2.24) is 3.97 Å². The first kappa shape index (κ1) is 16.7. The van der Waals surface area contributed by atoms with Gasteiger partial charge in [0.1, 0.15) is 4.90 Å². The Morgan fingerprint density at radius 1 is 1.04 bits per heavy atom. The maximum absolute atomic E-state index is 13.1. The Labute approximate surface area is 143 Å². The molecule has 0 bridgehead atoms. The molecule has 7 nitrogen and oxygen atoms in total. The molecular formula is C17H14N2O5S. The number of carbonyl (C=O) groups is 2. The minimum absolute atomic E-state index is 0.121. The Bertz CT molecular complexity index is 1100. The zero-order chi connectivity index (χ0) is 18.2. The van der Waals surface area contributed by atoms with Crippen LogP contribution >= 0.6 is 0 Å². The van der Waals surface area contributed by atoms with Crippen molar-refractivity contribution in [3.63, 3.8) is 0 Å². The first-order chi connectivity index (χ1) is 11.8. The van der Waals surface area contributed by atoms with Crippen LogP contribution in [0.25, 0.3) is 10.9 Å². The maximum Gasteiger partial charge on any atom is 0.337 e. The number of rotatable bonds is 5. The van der Waals surface area contributed by atoms with Crippen molar-refractivity contribution in [1.29, 1.82) is 0 Å². The number of benzene rings is 2. The predicted molar refractivity (Wildman–Crippen MR) is 90.8 cm³/mol. The fourth-order valence-corrected chi connectivity index (χ4v) is 4.30. The first-order valence-electron chi connectivity index (χ1n) is 7.27. The van der Waals surface area contributed by atoms with Gasteiger partial charge >= 0.3 is 5.97 Å². The molecule has 0 aliphatic rings. The summed E-state index contributed by atoms with van der Waals surface area (Å²) in [6.45, 7) is 0. The normalized spacial score (nSPS) is 11.5. The highest BCUT2D eigenvalue weighted by Crippen LogP contribution is 2.27. The molecule has 0 aliphatic carbocycles. The van der Waals surface area contributed by atoms with Gasteiger partial charge in [-0.15, -0.1) is 0 Å². The Morgan fingerprint density at radius 2 is 1.68 bits per heavy atom. The smallest absolute Gasteiger partial charge is 0.337 e. The number of hydrogen-bond donors (Lipinski definition) is 2. The van der Waals surface area contributed by atoms with E-state index < -0.39 is 21.9 Å².